The van der Waals surface area contributed by atoms with Gasteiger partial charge in [-0.2, -0.15) is 5.10 Å². The number of hydrogen-bond donors (Lipinski definition) is 1. The molecule has 0 aliphatic carbocycles. The molecule has 0 saturated carbocycles. The van der Waals surface area contributed by atoms with Gasteiger partial charge in [0, 0.05) is 37.6 Å². The molecule has 5 nitrogen and oxygen atoms in total. The van der Waals surface area contributed by atoms with Crippen LogP contribution in [0.15, 0.2) is 24.7 Å². The van der Waals surface area contributed by atoms with Gasteiger partial charge in [0.2, 0.25) is 0 Å². The molecule has 1 atom stereocenters. The standard InChI is InChI=1S/C12H17N5/c1-3-10(13)6-11-4-5-14-12(16-11)9-7-15-17(2)8-9/h4-5,7-8,10H,3,6,13H2,1-2H3. The van der Waals surface area contributed by atoms with E-state index in [0.29, 0.717) is 5.82 Å². The summed E-state index contributed by atoms with van der Waals surface area (Å²) in [6.07, 6.45) is 7.17. The predicted molar refractivity (Wildman–Crippen MR) is 66.2 cm³/mol. The summed E-state index contributed by atoms with van der Waals surface area (Å²) in [5.41, 5.74) is 7.83. The largest absolute Gasteiger partial charge is 0.327 e. The van der Waals surface area contributed by atoms with Crippen LogP contribution < -0.4 is 5.73 Å². The van der Waals surface area contributed by atoms with E-state index in [-0.39, 0.29) is 6.04 Å². The topological polar surface area (TPSA) is 69.6 Å². The SMILES string of the molecule is CCC(N)Cc1ccnc(-c2cnn(C)c2)n1. The molecule has 2 N–H and O–H groups in total. The number of rotatable bonds is 4. The molecular formula is C12H17N5. The van der Waals surface area contributed by atoms with Gasteiger partial charge < -0.3 is 5.73 Å². The van der Waals surface area contributed by atoms with Crippen molar-refractivity contribution in [2.75, 3.05) is 0 Å². The maximum atomic E-state index is 5.92. The molecule has 0 spiro atoms. The fraction of sp³-hybridized carbons (Fsp3) is 0.417. The molecule has 2 rings (SSSR count). The lowest BCUT2D eigenvalue weighted by Crippen LogP contribution is -2.22. The van der Waals surface area contributed by atoms with Crippen LogP contribution in [0, 0.1) is 0 Å². The van der Waals surface area contributed by atoms with Crippen molar-refractivity contribution in [2.24, 2.45) is 12.8 Å². The van der Waals surface area contributed by atoms with Gasteiger partial charge in [0.25, 0.3) is 0 Å². The third-order valence-electron chi connectivity index (χ3n) is 2.67. The second-order valence-corrected chi connectivity index (χ2v) is 4.15. The van der Waals surface area contributed by atoms with Crippen molar-refractivity contribution in [1.82, 2.24) is 19.7 Å². The lowest BCUT2D eigenvalue weighted by Gasteiger charge is -2.07. The molecule has 5 heteroatoms. The lowest BCUT2D eigenvalue weighted by molar-refractivity contribution is 0.636. The first-order valence-corrected chi connectivity index (χ1v) is 5.75. The summed E-state index contributed by atoms with van der Waals surface area (Å²) in [6, 6.07) is 2.07. The smallest absolute Gasteiger partial charge is 0.162 e. The van der Waals surface area contributed by atoms with E-state index in [2.05, 4.69) is 22.0 Å². The van der Waals surface area contributed by atoms with Crippen LogP contribution >= 0.6 is 0 Å². The van der Waals surface area contributed by atoms with E-state index >= 15 is 0 Å². The van der Waals surface area contributed by atoms with E-state index < -0.39 is 0 Å². The summed E-state index contributed by atoms with van der Waals surface area (Å²) in [6.45, 7) is 2.08. The van der Waals surface area contributed by atoms with Gasteiger partial charge in [-0.05, 0) is 12.5 Å². The molecule has 0 bridgehead atoms. The van der Waals surface area contributed by atoms with Crippen molar-refractivity contribution in [3.05, 3.63) is 30.4 Å². The molecular weight excluding hydrogens is 214 g/mol. The number of hydrogen-bond acceptors (Lipinski definition) is 4. The first kappa shape index (κ1) is 11.7. The van der Waals surface area contributed by atoms with Crippen LogP contribution in [0.3, 0.4) is 0 Å². The predicted octanol–water partition coefficient (Wildman–Crippen LogP) is 1.16. The Morgan fingerprint density at radius 3 is 2.94 bits per heavy atom. The van der Waals surface area contributed by atoms with Crippen LogP contribution in [0.5, 0.6) is 0 Å². The van der Waals surface area contributed by atoms with Crippen LogP contribution in [0.1, 0.15) is 19.0 Å². The van der Waals surface area contributed by atoms with Crippen molar-refractivity contribution in [3.8, 4) is 11.4 Å². The van der Waals surface area contributed by atoms with Crippen LogP contribution in [-0.2, 0) is 13.5 Å². The summed E-state index contributed by atoms with van der Waals surface area (Å²) < 4.78 is 1.74. The summed E-state index contributed by atoms with van der Waals surface area (Å²) in [5.74, 6) is 0.707. The minimum atomic E-state index is 0.159. The van der Waals surface area contributed by atoms with Crippen molar-refractivity contribution >= 4 is 0 Å². The highest BCUT2D eigenvalue weighted by Gasteiger charge is 2.07. The van der Waals surface area contributed by atoms with Crippen LogP contribution in [0.2, 0.25) is 0 Å². The first-order chi connectivity index (χ1) is 8.19. The van der Waals surface area contributed by atoms with E-state index in [0.717, 1.165) is 24.1 Å². The van der Waals surface area contributed by atoms with Gasteiger partial charge in [0.05, 0.1) is 11.8 Å². The monoisotopic (exact) mass is 231 g/mol. The third-order valence-corrected chi connectivity index (χ3v) is 2.67. The summed E-state index contributed by atoms with van der Waals surface area (Å²) in [4.78, 5) is 8.75. The molecule has 2 aromatic heterocycles. The number of aromatic nitrogens is 4. The highest BCUT2D eigenvalue weighted by atomic mass is 15.2. The number of aryl methyl sites for hydroxylation is 1. The maximum Gasteiger partial charge on any atom is 0.162 e. The fourth-order valence-corrected chi connectivity index (χ4v) is 1.60. The van der Waals surface area contributed by atoms with Crippen LogP contribution in [-0.4, -0.2) is 25.8 Å². The van der Waals surface area contributed by atoms with Crippen molar-refractivity contribution in [1.29, 1.82) is 0 Å². The van der Waals surface area contributed by atoms with Gasteiger partial charge in [-0.1, -0.05) is 6.92 Å². The molecule has 2 aromatic rings. The Labute approximate surface area is 101 Å². The van der Waals surface area contributed by atoms with Gasteiger partial charge in [0.15, 0.2) is 5.82 Å². The normalized spacial score (nSPS) is 12.6. The van der Waals surface area contributed by atoms with Crippen molar-refractivity contribution < 1.29 is 0 Å². The second-order valence-electron chi connectivity index (χ2n) is 4.15. The quantitative estimate of drug-likeness (QED) is 0.857. The Hall–Kier alpha value is -1.75. The Kier molecular flexibility index (Phi) is 3.49. The minimum Gasteiger partial charge on any atom is -0.327 e. The van der Waals surface area contributed by atoms with Gasteiger partial charge in [-0.3, -0.25) is 4.68 Å². The van der Waals surface area contributed by atoms with E-state index in [4.69, 9.17) is 5.73 Å². The summed E-state index contributed by atoms with van der Waals surface area (Å²) in [7, 11) is 1.88. The molecule has 0 saturated heterocycles. The molecule has 0 amide bonds. The first-order valence-electron chi connectivity index (χ1n) is 5.75. The Balaban J connectivity index is 2.22. The van der Waals surface area contributed by atoms with E-state index in [1.807, 2.05) is 19.3 Å². The van der Waals surface area contributed by atoms with Crippen molar-refractivity contribution in [3.63, 3.8) is 0 Å². The second kappa shape index (κ2) is 5.05. The van der Waals surface area contributed by atoms with Gasteiger partial charge >= 0.3 is 0 Å². The summed E-state index contributed by atoms with van der Waals surface area (Å²) >= 11 is 0. The van der Waals surface area contributed by atoms with E-state index in [9.17, 15) is 0 Å². The van der Waals surface area contributed by atoms with Gasteiger partial charge in [-0.25, -0.2) is 9.97 Å². The molecule has 17 heavy (non-hydrogen) atoms. The van der Waals surface area contributed by atoms with Gasteiger partial charge in [-0.15, -0.1) is 0 Å². The molecule has 0 fully saturated rings. The molecule has 2 heterocycles. The van der Waals surface area contributed by atoms with Crippen molar-refractivity contribution in [2.45, 2.75) is 25.8 Å². The number of nitrogens with two attached hydrogens (primary N) is 1. The zero-order valence-electron chi connectivity index (χ0n) is 10.2. The highest BCUT2D eigenvalue weighted by Crippen LogP contribution is 2.13. The Morgan fingerprint density at radius 1 is 1.47 bits per heavy atom. The fourth-order valence-electron chi connectivity index (χ4n) is 1.60. The minimum absolute atomic E-state index is 0.159. The van der Waals surface area contributed by atoms with E-state index in [1.165, 1.54) is 0 Å². The summed E-state index contributed by atoms with van der Waals surface area (Å²) in [5, 5.41) is 4.11. The Bertz CT molecular complexity index is 491. The lowest BCUT2D eigenvalue weighted by atomic mass is 10.1. The average molecular weight is 231 g/mol. The van der Waals surface area contributed by atoms with Crippen LogP contribution in [0.4, 0.5) is 0 Å². The maximum absolute atomic E-state index is 5.92. The number of nitrogens with zero attached hydrogens (tertiary/aromatic N) is 4. The molecule has 0 aliphatic rings. The zero-order valence-corrected chi connectivity index (χ0v) is 10.2. The Morgan fingerprint density at radius 2 is 2.29 bits per heavy atom. The average Bonchev–Trinajstić information content (AvgIpc) is 2.76. The molecule has 90 valence electrons. The highest BCUT2D eigenvalue weighted by molar-refractivity contribution is 5.51. The zero-order chi connectivity index (χ0) is 12.3. The van der Waals surface area contributed by atoms with E-state index in [1.54, 1.807) is 17.1 Å². The molecule has 0 aliphatic heterocycles. The molecule has 0 aromatic carbocycles. The third kappa shape index (κ3) is 2.88. The van der Waals surface area contributed by atoms with Gasteiger partial charge in [0.1, 0.15) is 0 Å². The molecule has 1 unspecified atom stereocenters. The molecule has 0 radical (unpaired) electrons. The van der Waals surface area contributed by atoms with Crippen LogP contribution in [0.25, 0.3) is 11.4 Å².